The van der Waals surface area contributed by atoms with Crippen molar-refractivity contribution in [1.29, 1.82) is 0 Å². The van der Waals surface area contributed by atoms with E-state index in [0.29, 0.717) is 43.9 Å². The second-order valence-electron chi connectivity index (χ2n) is 5.36. The van der Waals surface area contributed by atoms with Crippen LogP contribution >= 0.6 is 0 Å². The Morgan fingerprint density at radius 1 is 1.33 bits per heavy atom. The predicted molar refractivity (Wildman–Crippen MR) is 75.9 cm³/mol. The van der Waals surface area contributed by atoms with Gasteiger partial charge in [-0.15, -0.1) is 0 Å². The minimum atomic E-state index is -0.977. The number of nitrogens with zero attached hydrogens (tertiary/aromatic N) is 2. The van der Waals surface area contributed by atoms with E-state index in [1.807, 2.05) is 0 Å². The van der Waals surface area contributed by atoms with E-state index in [4.69, 9.17) is 5.11 Å². The van der Waals surface area contributed by atoms with E-state index in [2.05, 4.69) is 4.90 Å². The molecule has 0 saturated carbocycles. The molecule has 5 nitrogen and oxygen atoms in total. The van der Waals surface area contributed by atoms with Gasteiger partial charge in [0.1, 0.15) is 11.9 Å². The van der Waals surface area contributed by atoms with Gasteiger partial charge in [0.05, 0.1) is 6.61 Å². The lowest BCUT2D eigenvalue weighted by Crippen LogP contribution is -2.50. The van der Waals surface area contributed by atoms with Crippen molar-refractivity contribution in [2.75, 3.05) is 26.2 Å². The number of rotatable bonds is 4. The minimum absolute atomic E-state index is 0.107. The van der Waals surface area contributed by atoms with Crippen LogP contribution in [0.3, 0.4) is 0 Å². The molecule has 1 amide bonds. The van der Waals surface area contributed by atoms with Crippen LogP contribution in [0, 0.1) is 5.82 Å². The maximum atomic E-state index is 13.8. The summed E-state index contributed by atoms with van der Waals surface area (Å²) in [5, 5.41) is 18.4. The van der Waals surface area contributed by atoms with E-state index in [-0.39, 0.29) is 18.3 Å². The number of carbonyl (C=O) groups is 1. The van der Waals surface area contributed by atoms with Crippen LogP contribution in [0.4, 0.5) is 4.39 Å². The first kappa shape index (κ1) is 15.9. The molecule has 1 aliphatic heterocycles. The molecule has 1 fully saturated rings. The van der Waals surface area contributed by atoms with Crippen molar-refractivity contribution in [2.24, 2.45) is 0 Å². The van der Waals surface area contributed by atoms with E-state index in [9.17, 15) is 14.3 Å². The lowest BCUT2D eigenvalue weighted by atomic mass is 10.1. The zero-order valence-electron chi connectivity index (χ0n) is 12.1. The molecule has 6 heteroatoms. The smallest absolute Gasteiger partial charge is 0.251 e. The van der Waals surface area contributed by atoms with Gasteiger partial charge in [-0.05, 0) is 24.6 Å². The fourth-order valence-corrected chi connectivity index (χ4v) is 2.48. The molecule has 1 aromatic rings. The fraction of sp³-hybridized carbons (Fsp3) is 0.533. The lowest BCUT2D eigenvalue weighted by Gasteiger charge is -2.35. The number of aliphatic hydroxyl groups is 2. The van der Waals surface area contributed by atoms with Crippen LogP contribution in [0.2, 0.25) is 0 Å². The summed E-state index contributed by atoms with van der Waals surface area (Å²) in [4.78, 5) is 15.4. The molecule has 0 bridgehead atoms. The largest absolute Gasteiger partial charge is 0.392 e. The molecular formula is C15H21FN2O3. The number of piperazine rings is 1. The molecule has 1 atom stereocenters. The number of hydrogen-bond donors (Lipinski definition) is 2. The molecule has 116 valence electrons. The summed E-state index contributed by atoms with van der Waals surface area (Å²) in [7, 11) is 0. The Balaban J connectivity index is 1.93. The van der Waals surface area contributed by atoms with Crippen LogP contribution < -0.4 is 0 Å². The Labute approximate surface area is 123 Å². The van der Waals surface area contributed by atoms with E-state index in [1.54, 1.807) is 17.0 Å². The Hall–Kier alpha value is -1.50. The summed E-state index contributed by atoms with van der Waals surface area (Å²) in [6.07, 6.45) is -0.977. The molecule has 0 aliphatic carbocycles. The highest BCUT2D eigenvalue weighted by Crippen LogP contribution is 2.15. The third-order valence-electron chi connectivity index (χ3n) is 3.73. The van der Waals surface area contributed by atoms with Crippen molar-refractivity contribution in [3.63, 3.8) is 0 Å². The van der Waals surface area contributed by atoms with E-state index < -0.39 is 6.10 Å². The summed E-state index contributed by atoms with van der Waals surface area (Å²) < 4.78 is 13.8. The topological polar surface area (TPSA) is 64.0 Å². The molecule has 1 saturated heterocycles. The van der Waals surface area contributed by atoms with Crippen molar-refractivity contribution < 1.29 is 19.4 Å². The molecule has 21 heavy (non-hydrogen) atoms. The Morgan fingerprint density at radius 2 is 2.00 bits per heavy atom. The van der Waals surface area contributed by atoms with Crippen LogP contribution in [0.5, 0.6) is 0 Å². The van der Waals surface area contributed by atoms with Crippen molar-refractivity contribution in [2.45, 2.75) is 26.2 Å². The molecule has 1 aromatic carbocycles. The molecule has 0 radical (unpaired) electrons. The Morgan fingerprint density at radius 3 is 2.57 bits per heavy atom. The number of carbonyl (C=O) groups excluding carboxylic acids is 1. The van der Waals surface area contributed by atoms with Gasteiger partial charge in [-0.3, -0.25) is 9.69 Å². The van der Waals surface area contributed by atoms with Gasteiger partial charge in [-0.2, -0.15) is 0 Å². The van der Waals surface area contributed by atoms with E-state index in [0.717, 1.165) is 0 Å². The first-order valence-electron chi connectivity index (χ1n) is 7.08. The maximum absolute atomic E-state index is 13.8. The average molecular weight is 296 g/mol. The molecule has 1 unspecified atom stereocenters. The van der Waals surface area contributed by atoms with E-state index in [1.165, 1.54) is 13.0 Å². The fourth-order valence-electron chi connectivity index (χ4n) is 2.48. The Bertz CT molecular complexity index is 500. The molecule has 1 heterocycles. The van der Waals surface area contributed by atoms with Crippen LogP contribution in [0.15, 0.2) is 18.2 Å². The third kappa shape index (κ3) is 4.00. The second kappa shape index (κ2) is 6.98. The minimum Gasteiger partial charge on any atom is -0.392 e. The summed E-state index contributed by atoms with van der Waals surface area (Å²) in [6.45, 7) is 4.16. The summed E-state index contributed by atoms with van der Waals surface area (Å²) in [5.41, 5.74) is 1.24. The number of hydrogen-bond acceptors (Lipinski definition) is 4. The summed E-state index contributed by atoms with van der Waals surface area (Å²) >= 11 is 0. The third-order valence-corrected chi connectivity index (χ3v) is 3.73. The van der Waals surface area contributed by atoms with Crippen LogP contribution in [-0.2, 0) is 17.9 Å². The second-order valence-corrected chi connectivity index (χ2v) is 5.36. The van der Waals surface area contributed by atoms with Crippen molar-refractivity contribution in [3.05, 3.63) is 35.1 Å². The number of halogens is 1. The lowest BCUT2D eigenvalue weighted by molar-refractivity contribution is -0.141. The number of benzene rings is 1. The van der Waals surface area contributed by atoms with Crippen molar-refractivity contribution in [3.8, 4) is 0 Å². The van der Waals surface area contributed by atoms with Gasteiger partial charge in [0.2, 0.25) is 0 Å². The van der Waals surface area contributed by atoms with Crippen LogP contribution in [-0.4, -0.2) is 58.2 Å². The van der Waals surface area contributed by atoms with Crippen molar-refractivity contribution in [1.82, 2.24) is 9.80 Å². The summed E-state index contributed by atoms with van der Waals surface area (Å²) in [6, 6.07) is 4.61. The highest BCUT2D eigenvalue weighted by atomic mass is 19.1. The van der Waals surface area contributed by atoms with Gasteiger partial charge in [0, 0.05) is 38.3 Å². The van der Waals surface area contributed by atoms with Crippen LogP contribution in [0.25, 0.3) is 0 Å². The van der Waals surface area contributed by atoms with E-state index >= 15 is 0 Å². The Kier molecular flexibility index (Phi) is 5.27. The molecule has 0 spiro atoms. The molecule has 2 rings (SSSR count). The number of amides is 1. The van der Waals surface area contributed by atoms with Crippen LogP contribution in [0.1, 0.15) is 18.1 Å². The molecular weight excluding hydrogens is 275 g/mol. The normalized spacial score (nSPS) is 17.8. The van der Waals surface area contributed by atoms with Crippen molar-refractivity contribution >= 4 is 5.91 Å². The number of aliphatic hydroxyl groups excluding tert-OH is 2. The first-order chi connectivity index (χ1) is 10.0. The maximum Gasteiger partial charge on any atom is 0.251 e. The van der Waals surface area contributed by atoms with Gasteiger partial charge in [0.25, 0.3) is 5.91 Å². The standard InChI is InChI=1S/C15H21FN2O3/c1-11(20)15(21)18-6-4-17(5-7-18)9-13-8-12(10-19)2-3-14(13)16/h2-3,8,11,19-20H,4-7,9-10H2,1H3. The summed E-state index contributed by atoms with van der Waals surface area (Å²) in [5.74, 6) is -0.544. The zero-order valence-corrected chi connectivity index (χ0v) is 12.1. The van der Waals surface area contributed by atoms with Gasteiger partial charge in [-0.1, -0.05) is 6.07 Å². The molecule has 1 aliphatic rings. The SMILES string of the molecule is CC(O)C(=O)N1CCN(Cc2cc(CO)ccc2F)CC1. The van der Waals surface area contributed by atoms with Gasteiger partial charge in [0.15, 0.2) is 0 Å². The first-order valence-corrected chi connectivity index (χ1v) is 7.08. The average Bonchev–Trinajstić information content (AvgIpc) is 2.49. The molecule has 2 N–H and O–H groups in total. The highest BCUT2D eigenvalue weighted by molar-refractivity contribution is 5.80. The van der Waals surface area contributed by atoms with Gasteiger partial charge < -0.3 is 15.1 Å². The van der Waals surface area contributed by atoms with Gasteiger partial charge >= 0.3 is 0 Å². The highest BCUT2D eigenvalue weighted by Gasteiger charge is 2.24. The monoisotopic (exact) mass is 296 g/mol. The zero-order chi connectivity index (χ0) is 15.4. The quantitative estimate of drug-likeness (QED) is 0.841. The predicted octanol–water partition coefficient (Wildman–Crippen LogP) is 0.343. The van der Waals surface area contributed by atoms with Gasteiger partial charge in [-0.25, -0.2) is 4.39 Å². The molecule has 0 aromatic heterocycles.